The quantitative estimate of drug-likeness (QED) is 0.582. The van der Waals surface area contributed by atoms with Gasteiger partial charge in [0.25, 0.3) is 0 Å². The van der Waals surface area contributed by atoms with E-state index in [9.17, 15) is 9.50 Å². The van der Waals surface area contributed by atoms with E-state index in [1.54, 1.807) is 12.1 Å². The van der Waals surface area contributed by atoms with Crippen LogP contribution in [0.2, 0.25) is 0 Å². The molecule has 0 bridgehead atoms. The standard InChI is InChI=1S/C22H26FN3O/c1-2-3-8-22-24-13-20(25-22)15-26(21-11-9-19(23)10-12-21)14-17-6-4-5-7-18(17)16-27/h4-7,9-13,27H,2-3,8,14-16H2,1H3,(H,24,25). The van der Waals surface area contributed by atoms with E-state index in [1.807, 2.05) is 30.5 Å². The van der Waals surface area contributed by atoms with Gasteiger partial charge in [0.1, 0.15) is 11.6 Å². The summed E-state index contributed by atoms with van der Waals surface area (Å²) in [6, 6.07) is 14.3. The SMILES string of the molecule is CCCCc1ncc(CN(Cc2ccccc2CO)c2ccc(F)cc2)[nH]1. The van der Waals surface area contributed by atoms with E-state index in [-0.39, 0.29) is 12.4 Å². The molecule has 0 saturated heterocycles. The van der Waals surface area contributed by atoms with Crippen LogP contribution in [0.5, 0.6) is 0 Å². The van der Waals surface area contributed by atoms with Crippen molar-refractivity contribution in [2.75, 3.05) is 4.90 Å². The normalized spacial score (nSPS) is 10.9. The molecule has 0 spiro atoms. The van der Waals surface area contributed by atoms with E-state index in [4.69, 9.17) is 0 Å². The second kappa shape index (κ2) is 9.33. The van der Waals surface area contributed by atoms with Crippen LogP contribution < -0.4 is 4.90 Å². The van der Waals surface area contributed by atoms with Crippen LogP contribution >= 0.6 is 0 Å². The minimum Gasteiger partial charge on any atom is -0.392 e. The fourth-order valence-corrected chi connectivity index (χ4v) is 3.12. The van der Waals surface area contributed by atoms with E-state index < -0.39 is 0 Å². The average molecular weight is 367 g/mol. The minimum atomic E-state index is -0.252. The number of hydrogen-bond acceptors (Lipinski definition) is 3. The van der Waals surface area contributed by atoms with Gasteiger partial charge in [-0.1, -0.05) is 37.6 Å². The summed E-state index contributed by atoms with van der Waals surface area (Å²) in [4.78, 5) is 10.0. The van der Waals surface area contributed by atoms with E-state index in [1.165, 1.54) is 12.1 Å². The highest BCUT2D eigenvalue weighted by atomic mass is 19.1. The summed E-state index contributed by atoms with van der Waals surface area (Å²) >= 11 is 0. The first-order valence-corrected chi connectivity index (χ1v) is 9.40. The number of nitrogens with one attached hydrogen (secondary N) is 1. The summed E-state index contributed by atoms with van der Waals surface area (Å²) in [7, 11) is 0. The van der Waals surface area contributed by atoms with Crippen LogP contribution in [0.1, 0.15) is 42.4 Å². The zero-order chi connectivity index (χ0) is 19.1. The molecule has 2 N–H and O–H groups in total. The monoisotopic (exact) mass is 367 g/mol. The second-order valence-corrected chi connectivity index (χ2v) is 6.72. The van der Waals surface area contributed by atoms with E-state index in [0.29, 0.717) is 13.1 Å². The molecule has 0 unspecified atom stereocenters. The molecule has 142 valence electrons. The third-order valence-electron chi connectivity index (χ3n) is 4.65. The molecule has 0 aliphatic rings. The van der Waals surface area contributed by atoms with Crippen molar-refractivity contribution in [3.8, 4) is 0 Å². The molecule has 4 nitrogen and oxygen atoms in total. The van der Waals surface area contributed by atoms with Crippen molar-refractivity contribution in [3.63, 3.8) is 0 Å². The van der Waals surface area contributed by atoms with Crippen LogP contribution in [0.25, 0.3) is 0 Å². The van der Waals surface area contributed by atoms with Gasteiger partial charge in [0, 0.05) is 18.7 Å². The van der Waals surface area contributed by atoms with Gasteiger partial charge in [-0.2, -0.15) is 0 Å². The van der Waals surface area contributed by atoms with Gasteiger partial charge in [-0.25, -0.2) is 9.37 Å². The fourth-order valence-electron chi connectivity index (χ4n) is 3.12. The summed E-state index contributed by atoms with van der Waals surface area (Å²) in [5.74, 6) is 0.750. The number of hydrogen-bond donors (Lipinski definition) is 2. The van der Waals surface area contributed by atoms with Crippen LogP contribution in [0.15, 0.2) is 54.7 Å². The van der Waals surface area contributed by atoms with Crippen LogP contribution in [-0.4, -0.2) is 15.1 Å². The lowest BCUT2D eigenvalue weighted by atomic mass is 10.1. The Morgan fingerprint density at radius 3 is 2.48 bits per heavy atom. The molecule has 0 aliphatic carbocycles. The van der Waals surface area contributed by atoms with Gasteiger partial charge < -0.3 is 15.0 Å². The zero-order valence-electron chi connectivity index (χ0n) is 15.7. The van der Waals surface area contributed by atoms with E-state index in [2.05, 4.69) is 21.8 Å². The highest BCUT2D eigenvalue weighted by Crippen LogP contribution is 2.22. The predicted octanol–water partition coefficient (Wildman–Crippen LogP) is 4.59. The van der Waals surface area contributed by atoms with Crippen molar-refractivity contribution >= 4 is 5.69 Å². The number of aryl methyl sites for hydroxylation is 1. The lowest BCUT2D eigenvalue weighted by Gasteiger charge is -2.25. The molecule has 0 saturated carbocycles. The number of H-pyrrole nitrogens is 1. The van der Waals surface area contributed by atoms with Crippen LogP contribution in [0, 0.1) is 5.82 Å². The third kappa shape index (κ3) is 5.17. The lowest BCUT2D eigenvalue weighted by molar-refractivity contribution is 0.280. The molecule has 0 fully saturated rings. The largest absolute Gasteiger partial charge is 0.392 e. The summed E-state index contributed by atoms with van der Waals surface area (Å²) in [6.45, 7) is 3.41. The van der Waals surface area contributed by atoms with E-state index in [0.717, 1.165) is 47.6 Å². The summed E-state index contributed by atoms with van der Waals surface area (Å²) in [6.07, 6.45) is 5.06. The summed E-state index contributed by atoms with van der Waals surface area (Å²) in [5, 5.41) is 9.63. The third-order valence-corrected chi connectivity index (χ3v) is 4.65. The Morgan fingerprint density at radius 1 is 1.04 bits per heavy atom. The molecule has 0 radical (unpaired) electrons. The molecule has 0 atom stereocenters. The number of benzene rings is 2. The fraction of sp³-hybridized carbons (Fsp3) is 0.318. The molecule has 0 amide bonds. The van der Waals surface area contributed by atoms with Crippen LogP contribution in [-0.2, 0) is 26.1 Å². The number of unbranched alkanes of at least 4 members (excludes halogenated alkanes) is 1. The highest BCUT2D eigenvalue weighted by Gasteiger charge is 2.13. The molecule has 3 rings (SSSR count). The van der Waals surface area contributed by atoms with Crippen molar-refractivity contribution in [3.05, 3.63) is 83.2 Å². The summed E-state index contributed by atoms with van der Waals surface area (Å²) < 4.78 is 13.4. The molecule has 2 aromatic carbocycles. The van der Waals surface area contributed by atoms with Crippen molar-refractivity contribution in [1.29, 1.82) is 0 Å². The number of nitrogens with zero attached hydrogens (tertiary/aromatic N) is 2. The number of anilines is 1. The Morgan fingerprint density at radius 2 is 1.78 bits per heavy atom. The first-order valence-electron chi connectivity index (χ1n) is 9.40. The van der Waals surface area contributed by atoms with Gasteiger partial charge in [-0.05, 0) is 41.8 Å². The first kappa shape index (κ1) is 19.1. The Balaban J connectivity index is 1.83. The van der Waals surface area contributed by atoms with Gasteiger partial charge >= 0.3 is 0 Å². The zero-order valence-corrected chi connectivity index (χ0v) is 15.7. The topological polar surface area (TPSA) is 52.1 Å². The average Bonchev–Trinajstić information content (AvgIpc) is 3.14. The maximum Gasteiger partial charge on any atom is 0.123 e. The van der Waals surface area contributed by atoms with E-state index >= 15 is 0 Å². The van der Waals surface area contributed by atoms with Crippen molar-refractivity contribution in [2.24, 2.45) is 0 Å². The Hall–Kier alpha value is -2.66. The van der Waals surface area contributed by atoms with Gasteiger partial charge in [0.05, 0.1) is 25.0 Å². The number of aromatic amines is 1. The second-order valence-electron chi connectivity index (χ2n) is 6.72. The minimum absolute atomic E-state index is 0.00133. The number of aromatic nitrogens is 2. The smallest absolute Gasteiger partial charge is 0.123 e. The van der Waals surface area contributed by atoms with Crippen LogP contribution in [0.4, 0.5) is 10.1 Å². The number of imidazole rings is 1. The van der Waals surface area contributed by atoms with Gasteiger partial charge in [-0.3, -0.25) is 0 Å². The molecule has 27 heavy (non-hydrogen) atoms. The van der Waals surface area contributed by atoms with Gasteiger partial charge in [-0.15, -0.1) is 0 Å². The van der Waals surface area contributed by atoms with Gasteiger partial charge in [0.2, 0.25) is 0 Å². The Kier molecular flexibility index (Phi) is 6.60. The number of aliphatic hydroxyl groups excluding tert-OH is 1. The first-order chi connectivity index (χ1) is 13.2. The molecule has 0 aliphatic heterocycles. The molecular weight excluding hydrogens is 341 g/mol. The molecular formula is C22H26FN3O. The summed E-state index contributed by atoms with van der Waals surface area (Å²) in [5.41, 5.74) is 3.90. The van der Waals surface area contributed by atoms with Crippen molar-refractivity contribution < 1.29 is 9.50 Å². The Bertz CT molecular complexity index is 845. The molecule has 3 aromatic rings. The Labute approximate surface area is 159 Å². The molecule has 1 aromatic heterocycles. The molecule has 1 heterocycles. The maximum absolute atomic E-state index is 13.4. The molecule has 5 heteroatoms. The van der Waals surface area contributed by atoms with Gasteiger partial charge in [0.15, 0.2) is 0 Å². The van der Waals surface area contributed by atoms with Crippen LogP contribution in [0.3, 0.4) is 0 Å². The van der Waals surface area contributed by atoms with Crippen molar-refractivity contribution in [2.45, 2.75) is 45.9 Å². The number of halogens is 1. The number of rotatable bonds is 9. The number of aliphatic hydroxyl groups is 1. The predicted molar refractivity (Wildman–Crippen MR) is 106 cm³/mol. The lowest BCUT2D eigenvalue weighted by Crippen LogP contribution is -2.23. The maximum atomic E-state index is 13.4. The highest BCUT2D eigenvalue weighted by molar-refractivity contribution is 5.48. The van der Waals surface area contributed by atoms with Crippen molar-refractivity contribution in [1.82, 2.24) is 9.97 Å².